The zero-order valence-electron chi connectivity index (χ0n) is 18.1. The van der Waals surface area contributed by atoms with Crippen LogP contribution >= 0.6 is 0 Å². The van der Waals surface area contributed by atoms with Crippen molar-refractivity contribution in [3.05, 3.63) is 24.3 Å². The molecule has 1 unspecified atom stereocenters. The number of carbonyl (C=O) groups is 2. The Labute approximate surface area is 179 Å². The van der Waals surface area contributed by atoms with Gasteiger partial charge in [-0.1, -0.05) is 6.92 Å². The average molecular weight is 411 g/mol. The molecule has 1 atom stereocenters. The van der Waals surface area contributed by atoms with Crippen LogP contribution in [0, 0.1) is 23.2 Å². The van der Waals surface area contributed by atoms with E-state index in [1.54, 1.807) is 12.1 Å². The second kappa shape index (κ2) is 7.99. The van der Waals surface area contributed by atoms with Gasteiger partial charge in [-0.05, 0) is 105 Å². The number of nitrogens with one attached hydrogen (secondary N) is 1. The summed E-state index contributed by atoms with van der Waals surface area (Å²) in [6.45, 7) is 3.57. The summed E-state index contributed by atoms with van der Waals surface area (Å²) in [6, 6.07) is 6.89. The Balaban J connectivity index is 1.17. The van der Waals surface area contributed by atoms with Gasteiger partial charge < -0.3 is 10.1 Å². The van der Waals surface area contributed by atoms with Crippen molar-refractivity contribution < 1.29 is 14.3 Å². The van der Waals surface area contributed by atoms with Gasteiger partial charge in [0.25, 0.3) is 5.91 Å². The minimum atomic E-state index is -0.387. The van der Waals surface area contributed by atoms with Crippen LogP contribution in [-0.4, -0.2) is 31.0 Å². The summed E-state index contributed by atoms with van der Waals surface area (Å²) in [6.07, 6.45) is 10.9. The smallest absolute Gasteiger partial charge is 0.251 e. The summed E-state index contributed by atoms with van der Waals surface area (Å²) in [7, 11) is 0. The van der Waals surface area contributed by atoms with Crippen molar-refractivity contribution in [2.75, 3.05) is 18.1 Å². The zero-order chi connectivity index (χ0) is 20.7. The summed E-state index contributed by atoms with van der Waals surface area (Å²) in [5, 5.41) is 3.44. The number of nitrogens with zero attached hydrogens (tertiary/aromatic N) is 1. The fourth-order valence-electron chi connectivity index (χ4n) is 7.08. The first-order valence-electron chi connectivity index (χ1n) is 11.9. The third-order valence-electron chi connectivity index (χ3n) is 7.93. The topological polar surface area (TPSA) is 58.6 Å². The van der Waals surface area contributed by atoms with Gasteiger partial charge >= 0.3 is 0 Å². The fraction of sp³-hybridized carbons (Fsp3) is 0.680. The third kappa shape index (κ3) is 3.77. The van der Waals surface area contributed by atoms with Crippen molar-refractivity contribution in [2.24, 2.45) is 23.2 Å². The molecule has 0 aromatic heterocycles. The second-order valence-electron chi connectivity index (χ2n) is 10.3. The molecule has 1 aromatic carbocycles. The van der Waals surface area contributed by atoms with Gasteiger partial charge in [0.1, 0.15) is 5.75 Å². The quantitative estimate of drug-likeness (QED) is 0.649. The van der Waals surface area contributed by atoms with Crippen LogP contribution in [0.3, 0.4) is 0 Å². The van der Waals surface area contributed by atoms with Crippen LogP contribution in [0.5, 0.6) is 5.75 Å². The number of hydrogen-bond donors (Lipinski definition) is 1. The van der Waals surface area contributed by atoms with E-state index in [2.05, 4.69) is 12.2 Å². The largest absolute Gasteiger partial charge is 0.494 e. The number of ether oxygens (including phenoxy) is 1. The molecular weight excluding hydrogens is 376 g/mol. The molecule has 162 valence electrons. The van der Waals surface area contributed by atoms with E-state index in [0.29, 0.717) is 17.7 Å². The average Bonchev–Trinajstić information content (AvgIpc) is 2.99. The van der Waals surface area contributed by atoms with Crippen molar-refractivity contribution in [3.63, 3.8) is 0 Å². The summed E-state index contributed by atoms with van der Waals surface area (Å²) in [5.41, 5.74) is 1.14. The number of anilines is 1. The number of hydrogen-bond acceptors (Lipinski definition) is 4. The SMILES string of the molecule is CCCOc1ccc(N2C(=O)CC(NCCC34CC5CC(CC(C5)C3)C4)C2=O)cc1. The summed E-state index contributed by atoms with van der Waals surface area (Å²) >= 11 is 0. The van der Waals surface area contributed by atoms with Crippen LogP contribution in [0.15, 0.2) is 24.3 Å². The van der Waals surface area contributed by atoms with E-state index in [9.17, 15) is 9.59 Å². The van der Waals surface area contributed by atoms with Crippen molar-refractivity contribution in [1.29, 1.82) is 0 Å². The third-order valence-corrected chi connectivity index (χ3v) is 7.93. The summed E-state index contributed by atoms with van der Waals surface area (Å²) < 4.78 is 5.60. The molecular formula is C25H34N2O3. The Bertz CT molecular complexity index is 768. The minimum Gasteiger partial charge on any atom is -0.494 e. The molecule has 4 saturated carbocycles. The normalized spacial score (nSPS) is 34.8. The molecule has 30 heavy (non-hydrogen) atoms. The Morgan fingerprint density at radius 2 is 1.67 bits per heavy atom. The van der Waals surface area contributed by atoms with Gasteiger partial charge in [0.15, 0.2) is 0 Å². The Hall–Kier alpha value is -1.88. The van der Waals surface area contributed by atoms with E-state index in [0.717, 1.165) is 42.9 Å². The predicted octanol–water partition coefficient (Wildman–Crippen LogP) is 4.30. The second-order valence-corrected chi connectivity index (χ2v) is 10.3. The van der Waals surface area contributed by atoms with E-state index >= 15 is 0 Å². The van der Waals surface area contributed by atoms with Gasteiger partial charge in [-0.2, -0.15) is 0 Å². The highest BCUT2D eigenvalue weighted by Gasteiger charge is 2.50. The molecule has 1 saturated heterocycles. The van der Waals surface area contributed by atoms with Crippen LogP contribution in [-0.2, 0) is 9.59 Å². The van der Waals surface area contributed by atoms with Crippen LogP contribution in [0.25, 0.3) is 0 Å². The van der Waals surface area contributed by atoms with E-state index < -0.39 is 0 Å². The van der Waals surface area contributed by atoms with Gasteiger partial charge in [0.05, 0.1) is 24.8 Å². The summed E-state index contributed by atoms with van der Waals surface area (Å²) in [4.78, 5) is 26.8. The number of rotatable bonds is 8. The number of carbonyl (C=O) groups excluding carboxylic acids is 2. The first kappa shape index (κ1) is 20.0. The van der Waals surface area contributed by atoms with Gasteiger partial charge in [-0.25, -0.2) is 4.90 Å². The molecule has 4 aliphatic carbocycles. The van der Waals surface area contributed by atoms with Crippen molar-refractivity contribution in [3.8, 4) is 5.75 Å². The van der Waals surface area contributed by atoms with Gasteiger partial charge in [0.2, 0.25) is 5.91 Å². The lowest BCUT2D eigenvalue weighted by molar-refractivity contribution is -0.121. The molecule has 5 fully saturated rings. The molecule has 0 spiro atoms. The fourth-order valence-corrected chi connectivity index (χ4v) is 7.08. The molecule has 2 amide bonds. The monoisotopic (exact) mass is 410 g/mol. The highest BCUT2D eigenvalue weighted by Crippen LogP contribution is 2.61. The summed E-state index contributed by atoms with van der Waals surface area (Å²) in [5.74, 6) is 3.38. The van der Waals surface area contributed by atoms with Crippen LogP contribution < -0.4 is 15.0 Å². The predicted molar refractivity (Wildman–Crippen MR) is 116 cm³/mol. The lowest BCUT2D eigenvalue weighted by atomic mass is 9.49. The van der Waals surface area contributed by atoms with Crippen LogP contribution in [0.2, 0.25) is 0 Å². The minimum absolute atomic E-state index is 0.116. The zero-order valence-corrected chi connectivity index (χ0v) is 18.1. The first-order chi connectivity index (χ1) is 14.5. The Morgan fingerprint density at radius 3 is 2.27 bits per heavy atom. The maximum absolute atomic E-state index is 12.9. The molecule has 5 nitrogen and oxygen atoms in total. The van der Waals surface area contributed by atoms with Crippen molar-refractivity contribution >= 4 is 17.5 Å². The van der Waals surface area contributed by atoms with Gasteiger partial charge in [0, 0.05) is 0 Å². The molecule has 1 heterocycles. The molecule has 5 aliphatic rings. The standard InChI is InChI=1S/C25H34N2O3/c1-2-9-30-21-5-3-20(4-6-21)27-23(28)13-22(24(27)29)26-8-7-25-14-17-10-18(15-25)12-19(11-17)16-25/h3-6,17-19,22,26H,2,7-16H2,1H3. The molecule has 6 rings (SSSR count). The number of imide groups is 1. The van der Waals surface area contributed by atoms with Crippen molar-refractivity contribution in [1.82, 2.24) is 5.32 Å². The first-order valence-corrected chi connectivity index (χ1v) is 11.9. The van der Waals surface area contributed by atoms with E-state index in [1.807, 2.05) is 12.1 Å². The molecule has 1 aliphatic heterocycles. The van der Waals surface area contributed by atoms with E-state index in [1.165, 1.54) is 43.4 Å². The molecule has 5 heteroatoms. The van der Waals surface area contributed by atoms with Crippen LogP contribution in [0.1, 0.15) is 64.7 Å². The van der Waals surface area contributed by atoms with Gasteiger partial charge in [-0.3, -0.25) is 9.59 Å². The maximum Gasteiger partial charge on any atom is 0.251 e. The molecule has 0 radical (unpaired) electrons. The maximum atomic E-state index is 12.9. The molecule has 1 N–H and O–H groups in total. The molecule has 1 aromatic rings. The lowest BCUT2D eigenvalue weighted by Gasteiger charge is -2.57. The Kier molecular flexibility index (Phi) is 5.34. The van der Waals surface area contributed by atoms with E-state index in [4.69, 9.17) is 4.74 Å². The highest BCUT2D eigenvalue weighted by atomic mass is 16.5. The number of benzene rings is 1. The lowest BCUT2D eigenvalue weighted by Crippen LogP contribution is -2.48. The van der Waals surface area contributed by atoms with Crippen molar-refractivity contribution in [2.45, 2.75) is 70.8 Å². The van der Waals surface area contributed by atoms with Crippen LogP contribution in [0.4, 0.5) is 5.69 Å². The highest BCUT2D eigenvalue weighted by molar-refractivity contribution is 6.22. The molecule has 4 bridgehead atoms. The number of amides is 2. The Morgan fingerprint density at radius 1 is 1.03 bits per heavy atom. The van der Waals surface area contributed by atoms with Gasteiger partial charge in [-0.15, -0.1) is 0 Å². The van der Waals surface area contributed by atoms with E-state index in [-0.39, 0.29) is 24.3 Å².